The second kappa shape index (κ2) is 10.9. The standard InChI is InChI=1S/C17H25N3O5/c1-12(21)18-9-7-16(22)20-11-17(23)19-8-6-13-10-14(24-2)4-5-15(13)25-3/h4-5,10H,6-9,11H2,1-3H3,(H,18,21)(H,19,23)(H,20,22). The number of hydrogen-bond donors (Lipinski definition) is 3. The summed E-state index contributed by atoms with van der Waals surface area (Å²) < 4.78 is 10.5. The van der Waals surface area contributed by atoms with Gasteiger partial charge in [-0.2, -0.15) is 0 Å². The molecule has 8 nitrogen and oxygen atoms in total. The average Bonchev–Trinajstić information content (AvgIpc) is 2.59. The van der Waals surface area contributed by atoms with Gasteiger partial charge in [0.2, 0.25) is 17.7 Å². The van der Waals surface area contributed by atoms with E-state index in [0.717, 1.165) is 11.3 Å². The van der Waals surface area contributed by atoms with Gasteiger partial charge >= 0.3 is 0 Å². The molecule has 0 saturated heterocycles. The van der Waals surface area contributed by atoms with E-state index in [1.54, 1.807) is 20.3 Å². The number of carbonyl (C=O) groups is 3. The highest BCUT2D eigenvalue weighted by Crippen LogP contribution is 2.23. The highest BCUT2D eigenvalue weighted by molar-refractivity contribution is 5.85. The van der Waals surface area contributed by atoms with Crippen molar-refractivity contribution in [3.63, 3.8) is 0 Å². The fourth-order valence-electron chi connectivity index (χ4n) is 2.10. The predicted molar refractivity (Wildman–Crippen MR) is 92.6 cm³/mol. The number of nitrogens with one attached hydrogen (secondary N) is 3. The molecule has 0 aromatic heterocycles. The van der Waals surface area contributed by atoms with E-state index in [1.165, 1.54) is 6.92 Å². The van der Waals surface area contributed by atoms with Crippen molar-refractivity contribution in [2.45, 2.75) is 19.8 Å². The molecule has 25 heavy (non-hydrogen) atoms. The van der Waals surface area contributed by atoms with Crippen molar-refractivity contribution in [2.24, 2.45) is 0 Å². The fourth-order valence-corrected chi connectivity index (χ4v) is 2.10. The summed E-state index contributed by atoms with van der Waals surface area (Å²) in [5.74, 6) is 0.668. The van der Waals surface area contributed by atoms with Crippen molar-refractivity contribution in [1.82, 2.24) is 16.0 Å². The van der Waals surface area contributed by atoms with Gasteiger partial charge in [-0.3, -0.25) is 14.4 Å². The average molecular weight is 351 g/mol. The third kappa shape index (κ3) is 8.05. The summed E-state index contributed by atoms with van der Waals surface area (Å²) in [5.41, 5.74) is 0.918. The van der Waals surface area contributed by atoms with Crippen LogP contribution in [-0.4, -0.2) is 51.6 Å². The first-order chi connectivity index (χ1) is 12.0. The molecule has 138 valence electrons. The van der Waals surface area contributed by atoms with Gasteiger partial charge in [0.05, 0.1) is 20.8 Å². The Bertz CT molecular complexity index is 604. The summed E-state index contributed by atoms with van der Waals surface area (Å²) in [4.78, 5) is 33.9. The Morgan fingerprint density at radius 3 is 2.36 bits per heavy atom. The lowest BCUT2D eigenvalue weighted by molar-refractivity contribution is -0.126. The molecule has 0 heterocycles. The molecule has 3 N–H and O–H groups in total. The topological polar surface area (TPSA) is 106 Å². The lowest BCUT2D eigenvalue weighted by atomic mass is 10.1. The van der Waals surface area contributed by atoms with E-state index in [-0.39, 0.29) is 37.2 Å². The third-order valence-electron chi connectivity index (χ3n) is 3.38. The summed E-state index contributed by atoms with van der Waals surface area (Å²) in [5, 5.41) is 7.74. The molecule has 0 aliphatic heterocycles. The minimum absolute atomic E-state index is 0.103. The Balaban J connectivity index is 2.30. The van der Waals surface area contributed by atoms with E-state index in [1.807, 2.05) is 12.1 Å². The van der Waals surface area contributed by atoms with Gasteiger partial charge in [0.1, 0.15) is 11.5 Å². The number of hydrogen-bond acceptors (Lipinski definition) is 5. The van der Waals surface area contributed by atoms with Gasteiger partial charge in [0.25, 0.3) is 0 Å². The monoisotopic (exact) mass is 351 g/mol. The molecule has 0 aliphatic carbocycles. The molecular weight excluding hydrogens is 326 g/mol. The third-order valence-corrected chi connectivity index (χ3v) is 3.38. The van der Waals surface area contributed by atoms with Gasteiger partial charge in [0.15, 0.2) is 0 Å². The van der Waals surface area contributed by atoms with E-state index < -0.39 is 0 Å². The second-order valence-electron chi connectivity index (χ2n) is 5.29. The first kappa shape index (κ1) is 20.3. The van der Waals surface area contributed by atoms with Gasteiger partial charge in [-0.05, 0) is 30.2 Å². The Labute approximate surface area is 147 Å². The number of carbonyl (C=O) groups excluding carboxylic acids is 3. The van der Waals surface area contributed by atoms with Crippen LogP contribution in [0, 0.1) is 0 Å². The highest BCUT2D eigenvalue weighted by Gasteiger charge is 2.08. The Kier molecular flexibility index (Phi) is 8.84. The first-order valence-corrected chi connectivity index (χ1v) is 7.95. The smallest absolute Gasteiger partial charge is 0.239 e. The Morgan fingerprint density at radius 1 is 0.960 bits per heavy atom. The largest absolute Gasteiger partial charge is 0.497 e. The summed E-state index contributed by atoms with van der Waals surface area (Å²) >= 11 is 0. The molecule has 1 aromatic carbocycles. The minimum Gasteiger partial charge on any atom is -0.497 e. The maximum atomic E-state index is 11.7. The summed E-state index contributed by atoms with van der Waals surface area (Å²) in [7, 11) is 3.17. The Hall–Kier alpha value is -2.77. The molecule has 0 radical (unpaired) electrons. The van der Waals surface area contributed by atoms with Crippen molar-refractivity contribution in [1.29, 1.82) is 0 Å². The SMILES string of the molecule is COc1ccc(OC)c(CCNC(=O)CNC(=O)CCNC(C)=O)c1. The zero-order valence-corrected chi connectivity index (χ0v) is 14.8. The minimum atomic E-state index is -0.293. The zero-order valence-electron chi connectivity index (χ0n) is 14.8. The van der Waals surface area contributed by atoms with Crippen LogP contribution in [0.2, 0.25) is 0 Å². The molecule has 1 aromatic rings. The van der Waals surface area contributed by atoms with Crippen LogP contribution in [0.3, 0.4) is 0 Å². The van der Waals surface area contributed by atoms with Crippen molar-refractivity contribution in [2.75, 3.05) is 33.9 Å². The molecule has 0 unspecified atom stereocenters. The van der Waals surface area contributed by atoms with Gasteiger partial charge in [-0.25, -0.2) is 0 Å². The normalized spacial score (nSPS) is 9.88. The van der Waals surface area contributed by atoms with Crippen LogP contribution in [0.1, 0.15) is 18.9 Å². The van der Waals surface area contributed by atoms with Crippen LogP contribution >= 0.6 is 0 Å². The first-order valence-electron chi connectivity index (χ1n) is 7.95. The van der Waals surface area contributed by atoms with Gasteiger partial charge in [-0.1, -0.05) is 0 Å². The molecule has 0 fully saturated rings. The quantitative estimate of drug-likeness (QED) is 0.550. The van der Waals surface area contributed by atoms with E-state index in [9.17, 15) is 14.4 Å². The number of benzene rings is 1. The fraction of sp³-hybridized carbons (Fsp3) is 0.471. The molecule has 3 amide bonds. The highest BCUT2D eigenvalue weighted by atomic mass is 16.5. The molecule has 0 bridgehead atoms. The number of amides is 3. The van der Waals surface area contributed by atoms with Gasteiger partial charge in [-0.15, -0.1) is 0 Å². The maximum absolute atomic E-state index is 11.7. The molecule has 0 atom stereocenters. The second-order valence-corrected chi connectivity index (χ2v) is 5.29. The maximum Gasteiger partial charge on any atom is 0.239 e. The molecule has 0 aliphatic rings. The van der Waals surface area contributed by atoms with Crippen molar-refractivity contribution < 1.29 is 23.9 Å². The Morgan fingerprint density at radius 2 is 1.72 bits per heavy atom. The molecule has 0 saturated carbocycles. The molecular formula is C17H25N3O5. The van der Waals surface area contributed by atoms with Crippen LogP contribution < -0.4 is 25.4 Å². The van der Waals surface area contributed by atoms with Crippen LogP contribution in [0.5, 0.6) is 11.5 Å². The van der Waals surface area contributed by atoms with Gasteiger partial charge < -0.3 is 25.4 Å². The zero-order chi connectivity index (χ0) is 18.7. The van der Waals surface area contributed by atoms with Crippen molar-refractivity contribution in [3.8, 4) is 11.5 Å². The lowest BCUT2D eigenvalue weighted by Crippen LogP contribution is -2.38. The number of rotatable bonds is 10. The molecule has 1 rings (SSSR count). The summed E-state index contributed by atoms with van der Waals surface area (Å²) in [6, 6.07) is 5.47. The van der Waals surface area contributed by atoms with E-state index in [4.69, 9.17) is 9.47 Å². The predicted octanol–water partition coefficient (Wildman–Crippen LogP) is 0.00490. The van der Waals surface area contributed by atoms with E-state index in [0.29, 0.717) is 18.7 Å². The lowest BCUT2D eigenvalue weighted by Gasteiger charge is -2.11. The van der Waals surface area contributed by atoms with Crippen LogP contribution in [-0.2, 0) is 20.8 Å². The number of ether oxygens (including phenoxy) is 2. The van der Waals surface area contributed by atoms with Crippen LogP contribution in [0.15, 0.2) is 18.2 Å². The van der Waals surface area contributed by atoms with Crippen LogP contribution in [0.4, 0.5) is 0 Å². The van der Waals surface area contributed by atoms with Crippen molar-refractivity contribution in [3.05, 3.63) is 23.8 Å². The van der Waals surface area contributed by atoms with Crippen LogP contribution in [0.25, 0.3) is 0 Å². The molecule has 0 spiro atoms. The molecule has 8 heteroatoms. The summed E-state index contributed by atoms with van der Waals surface area (Å²) in [6.07, 6.45) is 0.705. The summed E-state index contributed by atoms with van der Waals surface area (Å²) in [6.45, 7) is 1.93. The van der Waals surface area contributed by atoms with Gasteiger partial charge in [0, 0.05) is 26.4 Å². The number of methoxy groups -OCH3 is 2. The van der Waals surface area contributed by atoms with E-state index in [2.05, 4.69) is 16.0 Å². The van der Waals surface area contributed by atoms with E-state index >= 15 is 0 Å². The van der Waals surface area contributed by atoms with Crippen molar-refractivity contribution >= 4 is 17.7 Å².